The molecule has 2 N–H and O–H groups in total. The first kappa shape index (κ1) is 11.1. The zero-order valence-electron chi connectivity index (χ0n) is 8.61. The number of pyridine rings is 1. The molecule has 0 amide bonds. The van der Waals surface area contributed by atoms with Gasteiger partial charge in [-0.05, 0) is 28.9 Å². The number of halogens is 1. The van der Waals surface area contributed by atoms with Gasteiger partial charge in [0.05, 0.1) is 5.69 Å². The van der Waals surface area contributed by atoms with E-state index in [1.807, 2.05) is 17.8 Å². The molecule has 15 heavy (non-hydrogen) atoms. The van der Waals surface area contributed by atoms with Crippen molar-refractivity contribution in [1.82, 2.24) is 4.98 Å². The summed E-state index contributed by atoms with van der Waals surface area (Å²) in [4.78, 5) is 6.69. The summed E-state index contributed by atoms with van der Waals surface area (Å²) in [6.07, 6.45) is 1.81. The summed E-state index contributed by atoms with van der Waals surface area (Å²) in [5.41, 5.74) is 6.73. The zero-order valence-corrected chi connectivity index (χ0v) is 11.0. The molecule has 1 atom stereocenters. The van der Waals surface area contributed by atoms with Crippen molar-refractivity contribution >= 4 is 39.2 Å². The number of nitrogens with two attached hydrogens (primary N) is 1. The third-order valence-electron chi connectivity index (χ3n) is 2.50. The summed E-state index contributed by atoms with van der Waals surface area (Å²) >= 11 is 5.36. The molecule has 1 saturated heterocycles. The lowest BCUT2D eigenvalue weighted by molar-refractivity contribution is 0.691. The molecule has 0 aromatic carbocycles. The van der Waals surface area contributed by atoms with Crippen LogP contribution in [0.5, 0.6) is 0 Å². The van der Waals surface area contributed by atoms with Gasteiger partial charge in [-0.2, -0.15) is 11.8 Å². The third kappa shape index (κ3) is 2.39. The molecule has 2 heterocycles. The predicted molar refractivity (Wildman–Crippen MR) is 70.5 cm³/mol. The fraction of sp³-hybridized carbons (Fsp3) is 0.500. The molecule has 82 valence electrons. The Hall–Kier alpha value is -0.420. The van der Waals surface area contributed by atoms with Crippen LogP contribution in [0.1, 0.15) is 6.92 Å². The number of hydrogen-bond donors (Lipinski definition) is 1. The van der Waals surface area contributed by atoms with Crippen molar-refractivity contribution < 1.29 is 0 Å². The lowest BCUT2D eigenvalue weighted by Crippen LogP contribution is -2.41. The van der Waals surface area contributed by atoms with Crippen LogP contribution in [-0.4, -0.2) is 29.1 Å². The Morgan fingerprint density at radius 3 is 3.13 bits per heavy atom. The van der Waals surface area contributed by atoms with Crippen molar-refractivity contribution in [3.63, 3.8) is 0 Å². The molecule has 1 aliphatic heterocycles. The second kappa shape index (κ2) is 4.61. The smallest absolute Gasteiger partial charge is 0.152 e. The van der Waals surface area contributed by atoms with Gasteiger partial charge in [0.15, 0.2) is 5.82 Å². The monoisotopic (exact) mass is 287 g/mol. The fourth-order valence-electron chi connectivity index (χ4n) is 1.73. The summed E-state index contributed by atoms with van der Waals surface area (Å²) in [6.45, 7) is 3.25. The van der Waals surface area contributed by atoms with Crippen molar-refractivity contribution in [1.29, 1.82) is 0 Å². The van der Waals surface area contributed by atoms with Crippen LogP contribution in [0.3, 0.4) is 0 Å². The Morgan fingerprint density at radius 2 is 2.47 bits per heavy atom. The minimum absolute atomic E-state index is 0.514. The SMILES string of the molecule is CC1CSCCN1c1ncc(Br)cc1N. The maximum atomic E-state index is 5.97. The lowest BCUT2D eigenvalue weighted by atomic mass is 10.2. The van der Waals surface area contributed by atoms with Gasteiger partial charge in [-0.3, -0.25) is 0 Å². The van der Waals surface area contributed by atoms with Crippen LogP contribution < -0.4 is 10.6 Å². The molecule has 1 aromatic rings. The first-order valence-electron chi connectivity index (χ1n) is 4.94. The van der Waals surface area contributed by atoms with E-state index in [4.69, 9.17) is 5.73 Å². The van der Waals surface area contributed by atoms with Crippen molar-refractivity contribution in [2.24, 2.45) is 0 Å². The van der Waals surface area contributed by atoms with Gasteiger partial charge in [0.1, 0.15) is 0 Å². The van der Waals surface area contributed by atoms with Crippen molar-refractivity contribution in [3.8, 4) is 0 Å². The van der Waals surface area contributed by atoms with E-state index in [1.165, 1.54) is 0 Å². The number of rotatable bonds is 1. The molecule has 0 spiro atoms. The number of thioether (sulfide) groups is 1. The first-order valence-corrected chi connectivity index (χ1v) is 6.88. The zero-order chi connectivity index (χ0) is 10.8. The average molecular weight is 288 g/mol. The van der Waals surface area contributed by atoms with E-state index in [0.717, 1.165) is 34.0 Å². The van der Waals surface area contributed by atoms with Crippen molar-refractivity contribution in [2.75, 3.05) is 28.7 Å². The van der Waals surface area contributed by atoms with Gasteiger partial charge in [0, 0.05) is 34.8 Å². The molecule has 3 nitrogen and oxygen atoms in total. The second-order valence-electron chi connectivity index (χ2n) is 3.68. The highest BCUT2D eigenvalue weighted by Gasteiger charge is 2.21. The van der Waals surface area contributed by atoms with E-state index >= 15 is 0 Å². The molecule has 1 fully saturated rings. The van der Waals surface area contributed by atoms with Gasteiger partial charge in [0.25, 0.3) is 0 Å². The molecule has 0 saturated carbocycles. The molecule has 2 rings (SSSR count). The highest BCUT2D eigenvalue weighted by atomic mass is 79.9. The van der Waals surface area contributed by atoms with E-state index in [-0.39, 0.29) is 0 Å². The molecule has 1 aliphatic rings. The van der Waals surface area contributed by atoms with Gasteiger partial charge in [-0.15, -0.1) is 0 Å². The van der Waals surface area contributed by atoms with Gasteiger partial charge >= 0.3 is 0 Å². The number of nitrogen functional groups attached to an aromatic ring is 1. The first-order chi connectivity index (χ1) is 7.18. The van der Waals surface area contributed by atoms with Crippen molar-refractivity contribution in [3.05, 3.63) is 16.7 Å². The van der Waals surface area contributed by atoms with Gasteiger partial charge in [-0.25, -0.2) is 4.98 Å². The summed E-state index contributed by atoms with van der Waals surface area (Å²) in [5.74, 6) is 3.23. The highest BCUT2D eigenvalue weighted by molar-refractivity contribution is 9.10. The molecular formula is C10H14BrN3S. The molecule has 5 heteroatoms. The van der Waals surface area contributed by atoms with Crippen LogP contribution >= 0.6 is 27.7 Å². The Morgan fingerprint density at radius 1 is 1.67 bits per heavy atom. The minimum Gasteiger partial charge on any atom is -0.396 e. The standard InChI is InChI=1S/C10H14BrN3S/c1-7-6-15-3-2-14(7)10-9(12)4-8(11)5-13-10/h4-5,7H,2-3,6,12H2,1H3. The number of aromatic nitrogens is 1. The topological polar surface area (TPSA) is 42.2 Å². The van der Waals surface area contributed by atoms with E-state index < -0.39 is 0 Å². The third-order valence-corrected chi connectivity index (χ3v) is 4.12. The Labute approximate surface area is 103 Å². The van der Waals surface area contributed by atoms with E-state index in [0.29, 0.717) is 6.04 Å². The van der Waals surface area contributed by atoms with E-state index in [1.54, 1.807) is 6.20 Å². The minimum atomic E-state index is 0.514. The van der Waals surface area contributed by atoms with Crippen LogP contribution in [0, 0.1) is 0 Å². The van der Waals surface area contributed by atoms with Crippen LogP contribution in [-0.2, 0) is 0 Å². The molecule has 1 unspecified atom stereocenters. The van der Waals surface area contributed by atoms with Gasteiger partial charge in [-0.1, -0.05) is 0 Å². The molecule has 0 aliphatic carbocycles. The molecule has 1 aromatic heterocycles. The van der Waals surface area contributed by atoms with Crippen LogP contribution in [0.4, 0.5) is 11.5 Å². The molecule has 0 radical (unpaired) electrons. The average Bonchev–Trinajstić information content (AvgIpc) is 2.20. The van der Waals surface area contributed by atoms with E-state index in [2.05, 4.69) is 32.7 Å². The van der Waals surface area contributed by atoms with Crippen molar-refractivity contribution in [2.45, 2.75) is 13.0 Å². The van der Waals surface area contributed by atoms with Gasteiger partial charge in [0.2, 0.25) is 0 Å². The Kier molecular flexibility index (Phi) is 3.41. The molecular weight excluding hydrogens is 274 g/mol. The Balaban J connectivity index is 2.27. The van der Waals surface area contributed by atoms with Crippen LogP contribution in [0.25, 0.3) is 0 Å². The molecule has 0 bridgehead atoms. The largest absolute Gasteiger partial charge is 0.396 e. The fourth-order valence-corrected chi connectivity index (χ4v) is 3.09. The van der Waals surface area contributed by atoms with Crippen LogP contribution in [0.2, 0.25) is 0 Å². The normalized spacial score (nSPS) is 21.7. The maximum absolute atomic E-state index is 5.97. The summed E-state index contributed by atoms with van der Waals surface area (Å²) in [7, 11) is 0. The maximum Gasteiger partial charge on any atom is 0.152 e. The quantitative estimate of drug-likeness (QED) is 0.861. The van der Waals surface area contributed by atoms with Gasteiger partial charge < -0.3 is 10.6 Å². The Bertz CT molecular complexity index is 359. The number of hydrogen-bond acceptors (Lipinski definition) is 4. The highest BCUT2D eigenvalue weighted by Crippen LogP contribution is 2.28. The van der Waals surface area contributed by atoms with Crippen LogP contribution in [0.15, 0.2) is 16.7 Å². The number of nitrogens with zero attached hydrogens (tertiary/aromatic N) is 2. The predicted octanol–water partition coefficient (Wildman–Crippen LogP) is 2.37. The summed E-state index contributed by atoms with van der Waals surface area (Å²) in [5, 5.41) is 0. The number of anilines is 2. The van der Waals surface area contributed by atoms with E-state index in [9.17, 15) is 0 Å². The second-order valence-corrected chi connectivity index (χ2v) is 5.75. The summed E-state index contributed by atoms with van der Waals surface area (Å²) < 4.78 is 0.933. The lowest BCUT2D eigenvalue weighted by Gasteiger charge is -2.34. The summed E-state index contributed by atoms with van der Waals surface area (Å²) in [6, 6.07) is 2.43.